The van der Waals surface area contributed by atoms with E-state index in [0.717, 1.165) is 5.56 Å². The van der Waals surface area contributed by atoms with Gasteiger partial charge in [0.1, 0.15) is 4.90 Å². The van der Waals surface area contributed by atoms with Gasteiger partial charge in [0.25, 0.3) is 0 Å². The summed E-state index contributed by atoms with van der Waals surface area (Å²) >= 11 is 0. The van der Waals surface area contributed by atoms with Gasteiger partial charge in [-0.1, -0.05) is 6.07 Å². The van der Waals surface area contributed by atoms with Crippen LogP contribution in [0.1, 0.15) is 5.56 Å². The fourth-order valence-corrected chi connectivity index (χ4v) is 3.96. The smallest absolute Gasteiger partial charge is 0.245 e. The summed E-state index contributed by atoms with van der Waals surface area (Å²) in [5.74, 6) is 0. The molecule has 0 bridgehead atoms. The zero-order valence-electron chi connectivity index (χ0n) is 11.9. The summed E-state index contributed by atoms with van der Waals surface area (Å²) in [4.78, 5) is 0.134. The second kappa shape index (κ2) is 5.69. The number of nitrogen functional groups attached to an aromatic ring is 1. The van der Waals surface area contributed by atoms with Gasteiger partial charge in [-0.15, -0.1) is 0 Å². The highest BCUT2D eigenvalue weighted by molar-refractivity contribution is 7.89. The molecule has 1 aromatic rings. The maximum absolute atomic E-state index is 12.6. The van der Waals surface area contributed by atoms with Gasteiger partial charge in [-0.25, -0.2) is 8.42 Å². The van der Waals surface area contributed by atoms with Crippen molar-refractivity contribution >= 4 is 15.7 Å². The molecule has 1 heterocycles. The molecule has 6 nitrogen and oxygen atoms in total. The molecule has 0 aliphatic carbocycles. The average molecular weight is 300 g/mol. The van der Waals surface area contributed by atoms with Crippen LogP contribution >= 0.6 is 0 Å². The van der Waals surface area contributed by atoms with E-state index in [1.807, 2.05) is 6.92 Å². The third-order valence-electron chi connectivity index (χ3n) is 3.57. The standard InChI is InChI=1S/C13H20N2O4S/c1-9-4-5-13(10(14)6-9)20(16,17)15-7-11(18-2)12(8-15)19-3/h4-6,11-12H,7-8,14H2,1-3H3. The van der Waals surface area contributed by atoms with Gasteiger partial charge in [-0.2, -0.15) is 4.31 Å². The molecule has 2 N–H and O–H groups in total. The second-order valence-corrected chi connectivity index (χ2v) is 6.82. The second-order valence-electron chi connectivity index (χ2n) is 4.91. The summed E-state index contributed by atoms with van der Waals surface area (Å²) in [6.45, 7) is 2.40. The highest BCUT2D eigenvalue weighted by Gasteiger charge is 2.40. The number of ether oxygens (including phenoxy) is 2. The number of hydrogen-bond acceptors (Lipinski definition) is 5. The molecule has 0 saturated carbocycles. The zero-order valence-corrected chi connectivity index (χ0v) is 12.7. The summed E-state index contributed by atoms with van der Waals surface area (Å²) in [5, 5.41) is 0. The first-order chi connectivity index (χ1) is 9.40. The van der Waals surface area contributed by atoms with Crippen molar-refractivity contribution in [2.45, 2.75) is 24.0 Å². The van der Waals surface area contributed by atoms with Gasteiger partial charge in [0.2, 0.25) is 10.0 Å². The third-order valence-corrected chi connectivity index (χ3v) is 5.48. The molecule has 2 unspecified atom stereocenters. The number of methoxy groups -OCH3 is 2. The van der Waals surface area contributed by atoms with E-state index < -0.39 is 10.0 Å². The maximum Gasteiger partial charge on any atom is 0.245 e. The SMILES string of the molecule is COC1CN(S(=O)(=O)c2ccc(C)cc2N)CC1OC. The van der Waals surface area contributed by atoms with Crippen LogP contribution in [0.5, 0.6) is 0 Å². The van der Waals surface area contributed by atoms with Crippen molar-refractivity contribution in [2.24, 2.45) is 0 Å². The molecule has 1 aliphatic rings. The quantitative estimate of drug-likeness (QED) is 0.824. The molecule has 0 aromatic heterocycles. The zero-order chi connectivity index (χ0) is 14.9. The maximum atomic E-state index is 12.6. The fourth-order valence-electron chi connectivity index (χ4n) is 2.40. The Kier molecular flexibility index (Phi) is 4.33. The molecule has 20 heavy (non-hydrogen) atoms. The van der Waals surface area contributed by atoms with Crippen molar-refractivity contribution in [3.8, 4) is 0 Å². The first kappa shape index (κ1) is 15.2. The van der Waals surface area contributed by atoms with Crippen molar-refractivity contribution in [1.29, 1.82) is 0 Å². The topological polar surface area (TPSA) is 81.9 Å². The monoisotopic (exact) mass is 300 g/mol. The Morgan fingerprint density at radius 1 is 1.20 bits per heavy atom. The normalized spacial score (nSPS) is 24.1. The summed E-state index contributed by atoms with van der Waals surface area (Å²) < 4.78 is 37.1. The number of sulfonamides is 1. The van der Waals surface area contributed by atoms with Crippen LogP contribution in [0.4, 0.5) is 5.69 Å². The van der Waals surface area contributed by atoms with Crippen molar-refractivity contribution < 1.29 is 17.9 Å². The number of benzene rings is 1. The largest absolute Gasteiger partial charge is 0.398 e. The van der Waals surface area contributed by atoms with E-state index in [0.29, 0.717) is 0 Å². The van der Waals surface area contributed by atoms with E-state index in [9.17, 15) is 8.42 Å². The predicted octanol–water partition coefficient (Wildman–Crippen LogP) is 0.612. The van der Waals surface area contributed by atoms with Crippen molar-refractivity contribution in [1.82, 2.24) is 4.31 Å². The lowest BCUT2D eigenvalue weighted by Gasteiger charge is -2.17. The van der Waals surface area contributed by atoms with E-state index in [1.165, 1.54) is 4.31 Å². The minimum absolute atomic E-state index is 0.134. The van der Waals surface area contributed by atoms with Gasteiger partial charge in [-0.05, 0) is 24.6 Å². The third kappa shape index (κ3) is 2.67. The van der Waals surface area contributed by atoms with E-state index in [4.69, 9.17) is 15.2 Å². The first-order valence-corrected chi connectivity index (χ1v) is 7.76. The Labute approximate surface area is 119 Å². The average Bonchev–Trinajstić information content (AvgIpc) is 2.82. The molecular formula is C13H20N2O4S. The summed E-state index contributed by atoms with van der Waals surface area (Å²) in [6.07, 6.45) is -0.525. The number of rotatable bonds is 4. The number of aryl methyl sites for hydroxylation is 1. The Balaban J connectivity index is 2.32. The van der Waals surface area contributed by atoms with E-state index >= 15 is 0 Å². The number of nitrogens with two attached hydrogens (primary N) is 1. The molecule has 7 heteroatoms. The minimum atomic E-state index is -3.62. The Morgan fingerprint density at radius 3 is 2.20 bits per heavy atom. The van der Waals surface area contributed by atoms with E-state index in [2.05, 4.69) is 0 Å². The van der Waals surface area contributed by atoms with Crippen molar-refractivity contribution in [3.05, 3.63) is 23.8 Å². The number of hydrogen-bond donors (Lipinski definition) is 1. The minimum Gasteiger partial charge on any atom is -0.398 e. The number of nitrogens with zero attached hydrogens (tertiary/aromatic N) is 1. The summed E-state index contributed by atoms with van der Waals surface area (Å²) in [6, 6.07) is 4.94. The van der Waals surface area contributed by atoms with Crippen LogP contribution in [0.15, 0.2) is 23.1 Å². The Bertz CT molecular complexity index is 576. The number of anilines is 1. The molecule has 0 amide bonds. The van der Waals surface area contributed by atoms with Crippen LogP contribution in [-0.2, 0) is 19.5 Å². The molecule has 1 saturated heterocycles. The fraction of sp³-hybridized carbons (Fsp3) is 0.538. The van der Waals surface area contributed by atoms with Gasteiger partial charge in [0.05, 0.1) is 17.9 Å². The van der Waals surface area contributed by atoms with Gasteiger partial charge in [-0.3, -0.25) is 0 Å². The van der Waals surface area contributed by atoms with Crippen molar-refractivity contribution in [3.63, 3.8) is 0 Å². The summed E-state index contributed by atoms with van der Waals surface area (Å²) in [7, 11) is -0.527. The van der Waals surface area contributed by atoms with Crippen LogP contribution < -0.4 is 5.73 Å². The Morgan fingerprint density at radius 2 is 1.75 bits per heavy atom. The molecule has 0 radical (unpaired) electrons. The van der Waals surface area contributed by atoms with Crippen LogP contribution in [0.2, 0.25) is 0 Å². The Hall–Kier alpha value is -1.15. The molecule has 2 rings (SSSR count). The lowest BCUT2D eigenvalue weighted by molar-refractivity contribution is -0.00461. The van der Waals surface area contributed by atoms with Gasteiger partial charge in [0, 0.05) is 27.3 Å². The molecule has 0 spiro atoms. The van der Waals surface area contributed by atoms with Gasteiger partial charge in [0.15, 0.2) is 0 Å². The first-order valence-electron chi connectivity index (χ1n) is 6.32. The molecule has 1 fully saturated rings. The molecular weight excluding hydrogens is 280 g/mol. The lowest BCUT2D eigenvalue weighted by Crippen LogP contribution is -2.30. The summed E-state index contributed by atoms with van der Waals surface area (Å²) in [5.41, 5.74) is 7.03. The van der Waals surface area contributed by atoms with Crippen LogP contribution in [-0.4, -0.2) is 52.2 Å². The van der Waals surface area contributed by atoms with Crippen LogP contribution in [0, 0.1) is 6.92 Å². The molecule has 1 aromatic carbocycles. The predicted molar refractivity (Wildman–Crippen MR) is 75.9 cm³/mol. The van der Waals surface area contributed by atoms with Crippen molar-refractivity contribution in [2.75, 3.05) is 33.0 Å². The highest BCUT2D eigenvalue weighted by Crippen LogP contribution is 2.27. The lowest BCUT2D eigenvalue weighted by atomic mass is 10.2. The van der Waals surface area contributed by atoms with Gasteiger partial charge >= 0.3 is 0 Å². The van der Waals surface area contributed by atoms with E-state index in [-0.39, 0.29) is 35.9 Å². The van der Waals surface area contributed by atoms with E-state index in [1.54, 1.807) is 32.4 Å². The molecule has 1 aliphatic heterocycles. The van der Waals surface area contributed by atoms with Gasteiger partial charge < -0.3 is 15.2 Å². The van der Waals surface area contributed by atoms with Crippen LogP contribution in [0.3, 0.4) is 0 Å². The highest BCUT2D eigenvalue weighted by atomic mass is 32.2. The van der Waals surface area contributed by atoms with Crippen LogP contribution in [0.25, 0.3) is 0 Å². The molecule has 2 atom stereocenters. The molecule has 112 valence electrons.